The van der Waals surface area contributed by atoms with E-state index in [1.54, 1.807) is 7.11 Å². The molecule has 0 bridgehead atoms. The Morgan fingerprint density at radius 1 is 0.955 bits per heavy atom. The minimum Gasteiger partial charge on any atom is -0.394 e. The van der Waals surface area contributed by atoms with Crippen molar-refractivity contribution in [2.45, 2.75) is 58.8 Å². The summed E-state index contributed by atoms with van der Waals surface area (Å²) in [4.78, 5) is 0. The second-order valence-electron chi connectivity index (χ2n) is 6.42. The molecule has 1 heterocycles. The van der Waals surface area contributed by atoms with Crippen molar-refractivity contribution in [3.05, 3.63) is 12.2 Å². The van der Waals surface area contributed by atoms with Gasteiger partial charge in [-0.05, 0) is 37.5 Å². The van der Waals surface area contributed by atoms with Crippen LogP contribution < -0.4 is 0 Å². The van der Waals surface area contributed by atoms with Gasteiger partial charge in [-0.2, -0.15) is 0 Å². The van der Waals surface area contributed by atoms with Crippen LogP contribution in [-0.2, 0) is 14.2 Å². The van der Waals surface area contributed by atoms with Gasteiger partial charge in [0, 0.05) is 19.6 Å². The summed E-state index contributed by atoms with van der Waals surface area (Å²) >= 11 is 0. The molecule has 1 aliphatic rings. The third kappa shape index (κ3) is 6.37. The van der Waals surface area contributed by atoms with E-state index in [2.05, 4.69) is 32.9 Å². The van der Waals surface area contributed by atoms with E-state index in [1.807, 2.05) is 0 Å². The zero-order chi connectivity index (χ0) is 16.4. The van der Waals surface area contributed by atoms with Crippen LogP contribution in [0.5, 0.6) is 0 Å². The molecule has 5 atom stereocenters. The number of rotatable bonds is 10. The highest BCUT2D eigenvalue weighted by molar-refractivity contribution is 4.83. The zero-order valence-electron chi connectivity index (χ0n) is 14.7. The van der Waals surface area contributed by atoms with Crippen molar-refractivity contribution in [3.8, 4) is 0 Å². The Labute approximate surface area is 135 Å². The summed E-state index contributed by atoms with van der Waals surface area (Å²) in [6, 6.07) is 0. The molecule has 0 radical (unpaired) electrons. The second-order valence-corrected chi connectivity index (χ2v) is 6.42. The van der Waals surface area contributed by atoms with E-state index in [4.69, 9.17) is 14.2 Å². The highest BCUT2D eigenvalue weighted by atomic mass is 16.7. The van der Waals surface area contributed by atoms with Crippen molar-refractivity contribution >= 4 is 0 Å². The van der Waals surface area contributed by atoms with Crippen LogP contribution >= 0.6 is 0 Å². The summed E-state index contributed by atoms with van der Waals surface area (Å²) in [6.07, 6.45) is 8.33. The number of hydrogen-bond donors (Lipinski definition) is 1. The molecule has 0 spiro atoms. The van der Waals surface area contributed by atoms with Crippen molar-refractivity contribution in [3.63, 3.8) is 0 Å². The molecule has 4 heteroatoms. The number of hydrogen-bond acceptors (Lipinski definition) is 4. The number of allylic oxidation sites excluding steroid dienone is 2. The van der Waals surface area contributed by atoms with Gasteiger partial charge in [0.15, 0.2) is 6.29 Å². The van der Waals surface area contributed by atoms with Gasteiger partial charge < -0.3 is 19.3 Å². The van der Waals surface area contributed by atoms with Crippen LogP contribution in [0.1, 0.15) is 46.5 Å². The summed E-state index contributed by atoms with van der Waals surface area (Å²) in [5.41, 5.74) is 0. The largest absolute Gasteiger partial charge is 0.394 e. The quantitative estimate of drug-likeness (QED) is 0.496. The second kappa shape index (κ2) is 11.2. The fourth-order valence-electron chi connectivity index (χ4n) is 2.87. The van der Waals surface area contributed by atoms with E-state index in [0.717, 1.165) is 32.3 Å². The Balaban J connectivity index is 2.18. The van der Waals surface area contributed by atoms with Crippen molar-refractivity contribution in [1.29, 1.82) is 0 Å². The van der Waals surface area contributed by atoms with Gasteiger partial charge in [-0.25, -0.2) is 0 Å². The van der Waals surface area contributed by atoms with Crippen LogP contribution in [0.15, 0.2) is 12.2 Å². The standard InChI is InChI=1S/C18H34O4/c1-14-15(2)17(13-19)22-18(16(14)3)21-12-10-8-6-5-7-9-11-20-4/h5-6,14-19H,7-13H2,1-4H3/b6-5-/t14-,15-,16?,17?,18+/m0/s1. The smallest absolute Gasteiger partial charge is 0.160 e. The average molecular weight is 314 g/mol. The van der Waals surface area contributed by atoms with E-state index >= 15 is 0 Å². The number of unbranched alkanes of at least 4 members (excludes halogenated alkanes) is 2. The third-order valence-corrected chi connectivity index (χ3v) is 4.85. The monoisotopic (exact) mass is 314 g/mol. The summed E-state index contributed by atoms with van der Waals surface area (Å²) in [6.45, 7) is 8.15. The summed E-state index contributed by atoms with van der Waals surface area (Å²) in [5, 5.41) is 9.41. The molecule has 22 heavy (non-hydrogen) atoms. The Bertz CT molecular complexity index is 303. The van der Waals surface area contributed by atoms with Crippen LogP contribution in [-0.4, -0.2) is 44.4 Å². The predicted octanol–water partition coefficient (Wildman–Crippen LogP) is 3.39. The van der Waals surface area contributed by atoms with Gasteiger partial charge in [0.05, 0.1) is 19.3 Å². The van der Waals surface area contributed by atoms with Crippen molar-refractivity contribution in [2.24, 2.45) is 17.8 Å². The average Bonchev–Trinajstić information content (AvgIpc) is 2.53. The molecule has 0 saturated carbocycles. The molecule has 1 rings (SSSR count). The highest BCUT2D eigenvalue weighted by Gasteiger charge is 2.39. The summed E-state index contributed by atoms with van der Waals surface area (Å²) in [7, 11) is 1.73. The molecule has 1 N–H and O–H groups in total. The van der Waals surface area contributed by atoms with Crippen LogP contribution in [0.4, 0.5) is 0 Å². The van der Waals surface area contributed by atoms with E-state index in [9.17, 15) is 5.11 Å². The van der Waals surface area contributed by atoms with Crippen LogP contribution in [0.25, 0.3) is 0 Å². The molecule has 0 amide bonds. The first-order chi connectivity index (χ1) is 10.6. The van der Waals surface area contributed by atoms with Gasteiger partial charge in [-0.3, -0.25) is 0 Å². The molecule has 4 nitrogen and oxygen atoms in total. The Morgan fingerprint density at radius 2 is 1.59 bits per heavy atom. The van der Waals surface area contributed by atoms with Gasteiger partial charge in [0.1, 0.15) is 0 Å². The van der Waals surface area contributed by atoms with Crippen LogP contribution in [0.3, 0.4) is 0 Å². The first-order valence-electron chi connectivity index (χ1n) is 8.63. The lowest BCUT2D eigenvalue weighted by Gasteiger charge is -2.42. The number of methoxy groups -OCH3 is 1. The summed E-state index contributed by atoms with van der Waals surface area (Å²) in [5.74, 6) is 1.23. The van der Waals surface area contributed by atoms with Gasteiger partial charge >= 0.3 is 0 Å². The van der Waals surface area contributed by atoms with Gasteiger partial charge in [-0.15, -0.1) is 0 Å². The molecular formula is C18H34O4. The predicted molar refractivity (Wildman–Crippen MR) is 88.7 cm³/mol. The molecule has 2 unspecified atom stereocenters. The third-order valence-electron chi connectivity index (χ3n) is 4.85. The Morgan fingerprint density at radius 3 is 2.18 bits per heavy atom. The highest BCUT2D eigenvalue weighted by Crippen LogP contribution is 2.35. The fraction of sp³-hybridized carbons (Fsp3) is 0.889. The number of aliphatic hydroxyl groups is 1. The molecule has 1 fully saturated rings. The topological polar surface area (TPSA) is 47.9 Å². The molecule has 0 aromatic rings. The SMILES string of the molecule is COCCC/C=C\CCCO[C@@H]1OC(CO)[C@@H](C)[C@H](C)C1C. The molecular weight excluding hydrogens is 280 g/mol. The maximum atomic E-state index is 9.41. The lowest BCUT2D eigenvalue weighted by atomic mass is 9.79. The maximum Gasteiger partial charge on any atom is 0.160 e. The van der Waals surface area contributed by atoms with Crippen molar-refractivity contribution < 1.29 is 19.3 Å². The summed E-state index contributed by atoms with van der Waals surface area (Å²) < 4.78 is 16.8. The molecule has 0 aromatic heterocycles. The minimum atomic E-state index is -0.186. The lowest BCUT2D eigenvalue weighted by Crippen LogP contribution is -2.47. The maximum absolute atomic E-state index is 9.41. The van der Waals surface area contributed by atoms with E-state index < -0.39 is 0 Å². The normalized spacial score (nSPS) is 32.7. The van der Waals surface area contributed by atoms with Crippen molar-refractivity contribution in [2.75, 3.05) is 26.9 Å². The van der Waals surface area contributed by atoms with Gasteiger partial charge in [-0.1, -0.05) is 32.9 Å². The first kappa shape index (κ1) is 19.6. The number of ether oxygens (including phenoxy) is 3. The fourth-order valence-corrected chi connectivity index (χ4v) is 2.87. The molecule has 1 saturated heterocycles. The minimum absolute atomic E-state index is 0.0717. The zero-order valence-corrected chi connectivity index (χ0v) is 14.7. The van der Waals surface area contributed by atoms with E-state index in [-0.39, 0.29) is 19.0 Å². The lowest BCUT2D eigenvalue weighted by molar-refractivity contribution is -0.254. The molecule has 0 aliphatic carbocycles. The molecule has 130 valence electrons. The van der Waals surface area contributed by atoms with Gasteiger partial charge in [0.2, 0.25) is 0 Å². The van der Waals surface area contributed by atoms with E-state index in [0.29, 0.717) is 24.4 Å². The number of aliphatic hydroxyl groups excluding tert-OH is 1. The Kier molecular flexibility index (Phi) is 9.96. The molecule has 1 aliphatic heterocycles. The van der Waals surface area contributed by atoms with E-state index in [1.165, 1.54) is 0 Å². The van der Waals surface area contributed by atoms with Crippen molar-refractivity contribution in [1.82, 2.24) is 0 Å². The Hall–Kier alpha value is -0.420. The first-order valence-corrected chi connectivity index (χ1v) is 8.63. The van der Waals surface area contributed by atoms with Gasteiger partial charge in [0.25, 0.3) is 0 Å². The molecule has 0 aromatic carbocycles. The van der Waals surface area contributed by atoms with Crippen LogP contribution in [0.2, 0.25) is 0 Å². The van der Waals surface area contributed by atoms with Crippen LogP contribution in [0, 0.1) is 17.8 Å².